The lowest BCUT2D eigenvalue weighted by Crippen LogP contribution is -2.27. The topological polar surface area (TPSA) is 108 Å². The van der Waals surface area contributed by atoms with Gasteiger partial charge in [0, 0.05) is 30.3 Å². The maximum Gasteiger partial charge on any atom is 0.184 e. The van der Waals surface area contributed by atoms with Gasteiger partial charge < -0.3 is 21.3 Å². The molecule has 2 aromatic carbocycles. The van der Waals surface area contributed by atoms with Crippen molar-refractivity contribution in [2.24, 2.45) is 4.99 Å². The number of anilines is 1. The summed E-state index contributed by atoms with van der Waals surface area (Å²) in [5.41, 5.74) is 9.52. The van der Waals surface area contributed by atoms with Crippen molar-refractivity contribution in [3.8, 4) is 5.75 Å². The highest BCUT2D eigenvalue weighted by Gasteiger charge is 2.19. The number of ketones is 1. The van der Waals surface area contributed by atoms with Gasteiger partial charge in [-0.25, -0.2) is 4.99 Å². The summed E-state index contributed by atoms with van der Waals surface area (Å²) in [6.45, 7) is 0.210. The zero-order valence-electron chi connectivity index (χ0n) is 15.0. The van der Waals surface area contributed by atoms with Crippen LogP contribution in [0.15, 0.2) is 70.9 Å². The van der Waals surface area contributed by atoms with Crippen LogP contribution < -0.4 is 11.1 Å². The second-order valence-electron chi connectivity index (χ2n) is 6.29. The number of nitrogens with zero attached hydrogens (tertiary/aromatic N) is 1. The van der Waals surface area contributed by atoms with Crippen LogP contribution in [0.25, 0.3) is 0 Å². The second kappa shape index (κ2) is 8.73. The summed E-state index contributed by atoms with van der Waals surface area (Å²) in [5.74, 6) is -0.154. The monoisotopic (exact) mass is 397 g/mol. The van der Waals surface area contributed by atoms with Crippen LogP contribution in [0.2, 0.25) is 5.02 Å². The smallest absolute Gasteiger partial charge is 0.184 e. The van der Waals surface area contributed by atoms with Gasteiger partial charge in [0.1, 0.15) is 5.75 Å². The molecule has 144 valence electrons. The standard InChI is InChI=1S/C21H20ClN3O3/c22-17-11-16(5-6-20(17)27)25-19-10-14(9-13-1-3-15(23)4-2-13)21(28)12-18(19)24-7-8-26/h1-6,10-12,24,26-27H,7-9,23H2. The minimum Gasteiger partial charge on any atom is -0.506 e. The van der Waals surface area contributed by atoms with Gasteiger partial charge in [0.25, 0.3) is 0 Å². The van der Waals surface area contributed by atoms with Gasteiger partial charge in [-0.3, -0.25) is 4.79 Å². The molecule has 7 heteroatoms. The fourth-order valence-electron chi connectivity index (χ4n) is 2.73. The first-order valence-electron chi connectivity index (χ1n) is 8.69. The zero-order valence-corrected chi connectivity index (χ0v) is 15.8. The highest BCUT2D eigenvalue weighted by molar-refractivity contribution is 6.32. The molecule has 1 aliphatic rings. The number of nitrogen functional groups attached to an aromatic ring is 1. The number of halogens is 1. The number of hydrogen-bond donors (Lipinski definition) is 4. The third kappa shape index (κ3) is 4.79. The average Bonchev–Trinajstić information content (AvgIpc) is 2.67. The number of hydrogen-bond acceptors (Lipinski definition) is 6. The molecule has 2 aromatic rings. The molecule has 0 unspecified atom stereocenters. The van der Waals surface area contributed by atoms with Crippen LogP contribution in [0, 0.1) is 0 Å². The molecule has 5 N–H and O–H groups in total. The van der Waals surface area contributed by atoms with E-state index in [0.717, 1.165) is 5.56 Å². The number of nitrogens with two attached hydrogens (primary N) is 1. The van der Waals surface area contributed by atoms with E-state index in [-0.39, 0.29) is 29.7 Å². The highest BCUT2D eigenvalue weighted by Crippen LogP contribution is 2.28. The van der Waals surface area contributed by atoms with Crippen molar-refractivity contribution in [2.75, 3.05) is 18.9 Å². The van der Waals surface area contributed by atoms with E-state index in [9.17, 15) is 9.90 Å². The molecule has 3 rings (SSSR count). The van der Waals surface area contributed by atoms with E-state index in [1.807, 2.05) is 12.1 Å². The van der Waals surface area contributed by atoms with Crippen LogP contribution in [0.1, 0.15) is 5.56 Å². The largest absolute Gasteiger partial charge is 0.506 e. The van der Waals surface area contributed by atoms with Crippen LogP contribution in [-0.2, 0) is 11.2 Å². The van der Waals surface area contributed by atoms with Crippen molar-refractivity contribution in [2.45, 2.75) is 6.42 Å². The Hall–Kier alpha value is -3.09. The summed E-state index contributed by atoms with van der Waals surface area (Å²) in [4.78, 5) is 17.1. The maximum absolute atomic E-state index is 12.6. The minimum absolute atomic E-state index is 0.0295. The van der Waals surface area contributed by atoms with Crippen LogP contribution in [0.4, 0.5) is 11.4 Å². The lowest BCUT2D eigenvalue weighted by atomic mass is 9.94. The van der Waals surface area contributed by atoms with E-state index in [0.29, 0.717) is 34.8 Å². The van der Waals surface area contributed by atoms with Gasteiger partial charge in [0.15, 0.2) is 5.78 Å². The molecule has 0 heterocycles. The van der Waals surface area contributed by atoms with Crippen molar-refractivity contribution < 1.29 is 15.0 Å². The number of phenolic OH excluding ortho intramolecular Hbond substituents is 1. The van der Waals surface area contributed by atoms with Gasteiger partial charge >= 0.3 is 0 Å². The highest BCUT2D eigenvalue weighted by atomic mass is 35.5. The Bertz CT molecular complexity index is 979. The van der Waals surface area contributed by atoms with E-state index in [1.54, 1.807) is 24.3 Å². The molecule has 0 saturated heterocycles. The number of carbonyl (C=O) groups excluding carboxylic acids is 1. The molecule has 0 saturated carbocycles. The summed E-state index contributed by atoms with van der Waals surface area (Å²) in [5, 5.41) is 21.9. The summed E-state index contributed by atoms with van der Waals surface area (Å²) in [6.07, 6.45) is 3.64. The first kappa shape index (κ1) is 19.7. The second-order valence-corrected chi connectivity index (χ2v) is 6.70. The number of phenols is 1. The summed E-state index contributed by atoms with van der Waals surface area (Å²) >= 11 is 5.96. The zero-order chi connectivity index (χ0) is 20.1. The number of aliphatic hydroxyl groups is 1. The molecule has 0 radical (unpaired) electrons. The fourth-order valence-corrected chi connectivity index (χ4v) is 2.91. The fraction of sp³-hybridized carbons (Fsp3) is 0.143. The van der Waals surface area contributed by atoms with E-state index >= 15 is 0 Å². The average molecular weight is 398 g/mol. The normalized spacial score (nSPS) is 15.4. The molecular weight excluding hydrogens is 378 g/mol. The Kier molecular flexibility index (Phi) is 6.13. The molecule has 0 spiro atoms. The lowest BCUT2D eigenvalue weighted by molar-refractivity contribution is -0.111. The Labute approximate surface area is 167 Å². The summed E-state index contributed by atoms with van der Waals surface area (Å²) < 4.78 is 0. The SMILES string of the molecule is Nc1ccc(CC2=CC(=Nc3ccc(O)c(Cl)c3)C(NCCO)=CC2=O)cc1. The molecule has 6 nitrogen and oxygen atoms in total. The Morgan fingerprint density at radius 1 is 1.11 bits per heavy atom. The number of allylic oxidation sites excluding steroid dienone is 3. The predicted molar refractivity (Wildman–Crippen MR) is 111 cm³/mol. The molecule has 0 bridgehead atoms. The number of benzene rings is 2. The van der Waals surface area contributed by atoms with Gasteiger partial charge in [0.05, 0.1) is 28.7 Å². The van der Waals surface area contributed by atoms with Gasteiger partial charge in [-0.15, -0.1) is 0 Å². The Balaban J connectivity index is 1.95. The molecule has 1 aliphatic carbocycles. The van der Waals surface area contributed by atoms with Crippen molar-refractivity contribution in [1.82, 2.24) is 5.32 Å². The molecule has 0 fully saturated rings. The van der Waals surface area contributed by atoms with E-state index in [1.165, 1.54) is 18.2 Å². The molecule has 0 aliphatic heterocycles. The number of aliphatic imine (C=N–C) groups is 1. The van der Waals surface area contributed by atoms with Gasteiger partial charge in [-0.05, 0) is 42.0 Å². The van der Waals surface area contributed by atoms with Gasteiger partial charge in [0.2, 0.25) is 0 Å². The molecule has 0 aromatic heterocycles. The minimum atomic E-state index is -0.125. The molecule has 0 atom stereocenters. The summed E-state index contributed by atoms with van der Waals surface area (Å²) in [7, 11) is 0. The first-order valence-corrected chi connectivity index (χ1v) is 9.07. The molecule has 0 amide bonds. The predicted octanol–water partition coefficient (Wildman–Crippen LogP) is 2.92. The summed E-state index contributed by atoms with van der Waals surface area (Å²) in [6, 6.07) is 12.0. The van der Waals surface area contributed by atoms with E-state index in [2.05, 4.69) is 10.3 Å². The lowest BCUT2D eigenvalue weighted by Gasteiger charge is -2.17. The molecule has 28 heavy (non-hydrogen) atoms. The van der Waals surface area contributed by atoms with Crippen LogP contribution >= 0.6 is 11.6 Å². The first-order chi connectivity index (χ1) is 13.5. The third-order valence-electron chi connectivity index (χ3n) is 4.16. The Morgan fingerprint density at radius 3 is 2.54 bits per heavy atom. The van der Waals surface area contributed by atoms with Crippen LogP contribution in [0.3, 0.4) is 0 Å². The quantitative estimate of drug-likeness (QED) is 0.442. The number of carbonyl (C=O) groups is 1. The van der Waals surface area contributed by atoms with Crippen molar-refractivity contribution >= 4 is 34.5 Å². The maximum atomic E-state index is 12.6. The van der Waals surface area contributed by atoms with Crippen LogP contribution in [-0.4, -0.2) is 34.9 Å². The van der Waals surface area contributed by atoms with Crippen molar-refractivity contribution in [3.05, 3.63) is 76.5 Å². The Morgan fingerprint density at radius 2 is 1.86 bits per heavy atom. The van der Waals surface area contributed by atoms with Gasteiger partial charge in [-0.2, -0.15) is 0 Å². The third-order valence-corrected chi connectivity index (χ3v) is 4.46. The molecular formula is C21H20ClN3O3. The number of rotatable bonds is 6. The van der Waals surface area contributed by atoms with Crippen LogP contribution in [0.5, 0.6) is 5.75 Å². The van der Waals surface area contributed by atoms with Crippen molar-refractivity contribution in [1.29, 1.82) is 0 Å². The van der Waals surface area contributed by atoms with Gasteiger partial charge in [-0.1, -0.05) is 23.7 Å². The number of nitrogens with one attached hydrogen (secondary N) is 1. The van der Waals surface area contributed by atoms with E-state index < -0.39 is 0 Å². The number of aliphatic hydroxyl groups excluding tert-OH is 1. The van der Waals surface area contributed by atoms with Crippen molar-refractivity contribution in [3.63, 3.8) is 0 Å². The number of aromatic hydroxyl groups is 1. The van der Waals surface area contributed by atoms with E-state index in [4.69, 9.17) is 22.4 Å².